The molecule has 1 N–H and O–H groups in total. The minimum Gasteiger partial charge on any atom is -0.462 e. The van der Waals surface area contributed by atoms with Crippen LogP contribution >= 0.6 is 0 Å². The van der Waals surface area contributed by atoms with Crippen molar-refractivity contribution in [3.05, 3.63) is 24.3 Å². The predicted molar refractivity (Wildman–Crippen MR) is 284 cm³/mol. The first-order valence-electron chi connectivity index (χ1n) is 29.4. The fraction of sp³-hybridized carbons (Fsp3) is 0.900. The van der Waals surface area contributed by atoms with Gasteiger partial charge in [-0.25, -0.2) is 0 Å². The molecule has 0 radical (unpaired) electrons. The predicted octanol–water partition coefficient (Wildman–Crippen LogP) is 19.7. The molecule has 0 aliphatic heterocycles. The number of esters is 2. The van der Waals surface area contributed by atoms with Crippen LogP contribution in [-0.4, -0.2) is 36.4 Å². The van der Waals surface area contributed by atoms with E-state index in [1.54, 1.807) is 0 Å². The molecule has 0 aromatic heterocycles. The number of carbonyl (C=O) groups is 2. The van der Waals surface area contributed by atoms with E-state index in [1.165, 1.54) is 250 Å². The van der Waals surface area contributed by atoms with Gasteiger partial charge in [0.25, 0.3) is 0 Å². The smallest absolute Gasteiger partial charge is 0.306 e. The van der Waals surface area contributed by atoms with Crippen LogP contribution in [0, 0.1) is 0 Å². The number of hydrogen-bond acceptors (Lipinski definition) is 5. The van der Waals surface area contributed by atoms with Crippen LogP contribution in [0.2, 0.25) is 0 Å². The molecule has 0 aromatic carbocycles. The fourth-order valence-corrected chi connectivity index (χ4v) is 9.05. The highest BCUT2D eigenvalue weighted by Gasteiger charge is 2.16. The molecular formula is C60H114O5. The minimum atomic E-state index is -0.775. The molecule has 0 saturated carbocycles. The quantitative estimate of drug-likeness (QED) is 0.0374. The third kappa shape index (κ3) is 54.9. The summed E-state index contributed by atoms with van der Waals surface area (Å²) in [5.41, 5.74) is 0. The van der Waals surface area contributed by atoms with Crippen molar-refractivity contribution in [2.24, 2.45) is 0 Å². The number of unbranched alkanes of at least 4 members (excludes halogenated alkanes) is 43. The third-order valence-electron chi connectivity index (χ3n) is 13.5. The second-order valence-corrected chi connectivity index (χ2v) is 20.1. The molecule has 0 rings (SSSR count). The highest BCUT2D eigenvalue weighted by atomic mass is 16.6. The van der Waals surface area contributed by atoms with E-state index in [9.17, 15) is 14.7 Å². The summed E-state index contributed by atoms with van der Waals surface area (Å²) < 4.78 is 10.7. The van der Waals surface area contributed by atoms with Crippen LogP contribution in [0.25, 0.3) is 0 Å². The van der Waals surface area contributed by atoms with Crippen LogP contribution < -0.4 is 0 Å². The third-order valence-corrected chi connectivity index (χ3v) is 13.5. The molecule has 0 aromatic rings. The summed E-state index contributed by atoms with van der Waals surface area (Å²) in [7, 11) is 0. The van der Waals surface area contributed by atoms with Crippen molar-refractivity contribution in [1.29, 1.82) is 0 Å². The normalized spacial score (nSPS) is 12.2. The van der Waals surface area contributed by atoms with Crippen molar-refractivity contribution >= 4 is 11.9 Å². The zero-order valence-corrected chi connectivity index (χ0v) is 44.0. The first kappa shape index (κ1) is 63.4. The molecular weight excluding hydrogens is 801 g/mol. The average Bonchev–Trinajstić information content (AvgIpc) is 3.31. The van der Waals surface area contributed by atoms with Crippen LogP contribution in [0.5, 0.6) is 0 Å². The summed E-state index contributed by atoms with van der Waals surface area (Å²) in [6.07, 6.45) is 71.9. The standard InChI is InChI=1S/C60H114O5/c1-3-5-7-9-11-13-15-17-19-20-21-22-23-24-25-26-27-28-29-30-31-32-33-34-35-36-37-38-39-40-41-43-44-46-48-50-52-54-59(62)64-57-58(56-61)65-60(63)55-53-51-49-47-45-42-18-16-14-12-10-8-6-4-2/h10,12,16,18,58,61H,3-9,11,13-15,17,19-57H2,1-2H3/b12-10-,18-16-. The van der Waals surface area contributed by atoms with Gasteiger partial charge in [-0.2, -0.15) is 0 Å². The Morgan fingerprint density at radius 1 is 0.354 bits per heavy atom. The molecule has 0 aliphatic carbocycles. The Labute approximate surface area is 406 Å². The van der Waals surface area contributed by atoms with E-state index in [0.717, 1.165) is 51.4 Å². The number of aliphatic hydroxyl groups excluding tert-OH is 1. The molecule has 0 amide bonds. The average molecular weight is 916 g/mol. The number of ether oxygens (including phenoxy) is 2. The van der Waals surface area contributed by atoms with E-state index in [0.29, 0.717) is 12.8 Å². The van der Waals surface area contributed by atoms with Gasteiger partial charge in [0.1, 0.15) is 6.61 Å². The highest BCUT2D eigenvalue weighted by molar-refractivity contribution is 5.70. The largest absolute Gasteiger partial charge is 0.462 e. The zero-order valence-electron chi connectivity index (χ0n) is 44.0. The van der Waals surface area contributed by atoms with E-state index in [2.05, 4.69) is 38.2 Å². The van der Waals surface area contributed by atoms with Gasteiger partial charge in [0.2, 0.25) is 0 Å². The summed E-state index contributed by atoms with van der Waals surface area (Å²) in [6.45, 7) is 4.13. The second-order valence-electron chi connectivity index (χ2n) is 20.1. The summed E-state index contributed by atoms with van der Waals surface area (Å²) in [5, 5.41) is 9.61. The van der Waals surface area contributed by atoms with Crippen LogP contribution in [-0.2, 0) is 19.1 Å². The Balaban J connectivity index is 3.34. The van der Waals surface area contributed by atoms with Crippen LogP contribution in [0.1, 0.15) is 328 Å². The second kappa shape index (κ2) is 56.7. The molecule has 384 valence electrons. The molecule has 5 heteroatoms. The van der Waals surface area contributed by atoms with Gasteiger partial charge in [0.15, 0.2) is 6.10 Å². The SMILES string of the molecule is CCCC/C=C\C/C=C\CCCCCCCC(=O)OC(CO)COC(=O)CCCCCCCCCCCCCCCCCCCCCCCCCCCCCCCCCCCCCCC. The molecule has 0 heterocycles. The lowest BCUT2D eigenvalue weighted by Gasteiger charge is -2.15. The molecule has 1 unspecified atom stereocenters. The lowest BCUT2D eigenvalue weighted by molar-refractivity contribution is -0.161. The van der Waals surface area contributed by atoms with Crippen molar-refractivity contribution < 1.29 is 24.2 Å². The van der Waals surface area contributed by atoms with E-state index in [-0.39, 0.29) is 25.2 Å². The van der Waals surface area contributed by atoms with E-state index in [4.69, 9.17) is 9.47 Å². The molecule has 0 aliphatic rings. The topological polar surface area (TPSA) is 72.8 Å². The summed E-state index contributed by atoms with van der Waals surface area (Å²) in [5.74, 6) is -0.592. The van der Waals surface area contributed by atoms with Gasteiger partial charge >= 0.3 is 11.9 Å². The van der Waals surface area contributed by atoms with Gasteiger partial charge < -0.3 is 14.6 Å². The Morgan fingerprint density at radius 3 is 0.954 bits per heavy atom. The molecule has 1 atom stereocenters. The number of carbonyl (C=O) groups excluding carboxylic acids is 2. The maximum atomic E-state index is 12.2. The summed E-state index contributed by atoms with van der Waals surface area (Å²) >= 11 is 0. The molecule has 0 fully saturated rings. The van der Waals surface area contributed by atoms with Crippen LogP contribution in [0.3, 0.4) is 0 Å². The molecule has 0 bridgehead atoms. The van der Waals surface area contributed by atoms with Gasteiger partial charge in [-0.1, -0.05) is 301 Å². The maximum absolute atomic E-state index is 12.2. The Hall–Kier alpha value is -1.62. The van der Waals surface area contributed by atoms with Crippen LogP contribution in [0.4, 0.5) is 0 Å². The van der Waals surface area contributed by atoms with Gasteiger partial charge in [-0.05, 0) is 38.5 Å². The van der Waals surface area contributed by atoms with Crippen molar-refractivity contribution in [2.45, 2.75) is 335 Å². The number of hydrogen-bond donors (Lipinski definition) is 1. The van der Waals surface area contributed by atoms with E-state index in [1.807, 2.05) is 0 Å². The minimum absolute atomic E-state index is 0.0666. The first-order valence-corrected chi connectivity index (χ1v) is 29.4. The lowest BCUT2D eigenvalue weighted by atomic mass is 10.0. The lowest BCUT2D eigenvalue weighted by Crippen LogP contribution is -2.28. The van der Waals surface area contributed by atoms with Crippen molar-refractivity contribution in [1.82, 2.24) is 0 Å². The van der Waals surface area contributed by atoms with Gasteiger partial charge in [-0.3, -0.25) is 9.59 Å². The van der Waals surface area contributed by atoms with E-state index >= 15 is 0 Å². The summed E-state index contributed by atoms with van der Waals surface area (Å²) in [4.78, 5) is 24.4. The zero-order chi connectivity index (χ0) is 47.0. The number of allylic oxidation sites excluding steroid dienone is 4. The van der Waals surface area contributed by atoms with Crippen molar-refractivity contribution in [3.8, 4) is 0 Å². The molecule has 0 saturated heterocycles. The molecule has 5 nitrogen and oxygen atoms in total. The molecule has 0 spiro atoms. The Bertz CT molecular complexity index is 990. The maximum Gasteiger partial charge on any atom is 0.306 e. The Morgan fingerprint density at radius 2 is 0.631 bits per heavy atom. The van der Waals surface area contributed by atoms with Crippen molar-refractivity contribution in [3.63, 3.8) is 0 Å². The van der Waals surface area contributed by atoms with Crippen LogP contribution in [0.15, 0.2) is 24.3 Å². The molecule has 65 heavy (non-hydrogen) atoms. The highest BCUT2D eigenvalue weighted by Crippen LogP contribution is 2.18. The monoisotopic (exact) mass is 915 g/mol. The summed E-state index contributed by atoms with van der Waals surface area (Å²) in [6, 6.07) is 0. The van der Waals surface area contributed by atoms with Gasteiger partial charge in [-0.15, -0.1) is 0 Å². The number of aliphatic hydroxyl groups is 1. The van der Waals surface area contributed by atoms with Crippen molar-refractivity contribution in [2.75, 3.05) is 13.2 Å². The van der Waals surface area contributed by atoms with E-state index < -0.39 is 6.10 Å². The van der Waals surface area contributed by atoms with Gasteiger partial charge in [0.05, 0.1) is 6.61 Å². The Kier molecular flexibility index (Phi) is 55.3. The number of rotatable bonds is 55. The first-order chi connectivity index (χ1) is 32.1. The van der Waals surface area contributed by atoms with Gasteiger partial charge in [0, 0.05) is 12.8 Å². The fourth-order valence-electron chi connectivity index (χ4n) is 9.05.